The van der Waals surface area contributed by atoms with Gasteiger partial charge >= 0.3 is 139 Å². The molecule has 0 fully saturated rings. The van der Waals surface area contributed by atoms with Gasteiger partial charge in [0.2, 0.25) is 0 Å². The summed E-state index contributed by atoms with van der Waals surface area (Å²) in [5, 5.41) is 9.12. The third-order valence-corrected chi connectivity index (χ3v) is 20.0. The topological polar surface area (TPSA) is 20.2 Å². The molecular formula is C19H40OSn. The Kier molecular flexibility index (Phi) is 14.4. The minimum absolute atomic E-state index is 0.320. The molecule has 0 amide bonds. The van der Waals surface area contributed by atoms with E-state index < -0.39 is 18.4 Å². The average molecular weight is 403 g/mol. The van der Waals surface area contributed by atoms with E-state index in [1.54, 1.807) is 13.3 Å². The number of aliphatic hydroxyl groups excluding tert-OH is 1. The van der Waals surface area contributed by atoms with Crippen LogP contribution in [0, 0.1) is 5.92 Å². The van der Waals surface area contributed by atoms with E-state index in [-0.39, 0.29) is 0 Å². The number of hydrogen-bond acceptors (Lipinski definition) is 1. The second kappa shape index (κ2) is 14.1. The van der Waals surface area contributed by atoms with Crippen LogP contribution in [-0.2, 0) is 0 Å². The number of allylic oxidation sites excluding steroid dienone is 2. The van der Waals surface area contributed by atoms with Crippen LogP contribution in [0.2, 0.25) is 17.7 Å². The Balaban J connectivity index is 4.61. The third-order valence-electron chi connectivity index (χ3n) is 4.75. The normalized spacial score (nSPS) is 14.0. The summed E-state index contributed by atoms with van der Waals surface area (Å²) in [5.74, 6) is 0.424. The van der Waals surface area contributed by atoms with E-state index in [4.69, 9.17) is 5.11 Å². The van der Waals surface area contributed by atoms with Gasteiger partial charge in [0, 0.05) is 0 Å². The van der Waals surface area contributed by atoms with Crippen molar-refractivity contribution < 1.29 is 5.11 Å². The van der Waals surface area contributed by atoms with Gasteiger partial charge in [-0.3, -0.25) is 0 Å². The summed E-state index contributed by atoms with van der Waals surface area (Å²) in [5.41, 5.74) is 0. The Labute approximate surface area is 138 Å². The van der Waals surface area contributed by atoms with Gasteiger partial charge in [0.25, 0.3) is 0 Å². The van der Waals surface area contributed by atoms with Gasteiger partial charge in [0.05, 0.1) is 0 Å². The molecule has 0 bridgehead atoms. The van der Waals surface area contributed by atoms with E-state index in [2.05, 4.69) is 39.8 Å². The summed E-state index contributed by atoms with van der Waals surface area (Å²) in [6.07, 6.45) is 14.4. The molecule has 0 aromatic carbocycles. The van der Waals surface area contributed by atoms with Crippen molar-refractivity contribution in [3.63, 3.8) is 0 Å². The molecular weight excluding hydrogens is 363 g/mol. The molecule has 0 aromatic heterocycles. The Morgan fingerprint density at radius 3 is 1.71 bits per heavy atom. The second-order valence-electron chi connectivity index (χ2n) is 7.01. The van der Waals surface area contributed by atoms with E-state index in [0.717, 1.165) is 6.42 Å². The van der Waals surface area contributed by atoms with Crippen LogP contribution in [0.4, 0.5) is 0 Å². The van der Waals surface area contributed by atoms with Crippen LogP contribution in [0.3, 0.4) is 0 Å². The van der Waals surface area contributed by atoms with Crippen LogP contribution in [-0.4, -0.2) is 30.1 Å². The zero-order chi connectivity index (χ0) is 16.0. The Morgan fingerprint density at radius 1 is 0.857 bits per heavy atom. The molecule has 2 heteroatoms. The van der Waals surface area contributed by atoms with Gasteiger partial charge in [-0.2, -0.15) is 0 Å². The quantitative estimate of drug-likeness (QED) is 0.263. The first-order chi connectivity index (χ1) is 10.1. The molecule has 0 aliphatic heterocycles. The van der Waals surface area contributed by atoms with Crippen LogP contribution >= 0.6 is 0 Å². The summed E-state index contributed by atoms with van der Waals surface area (Å²) >= 11 is -1.93. The van der Waals surface area contributed by atoms with Crippen LogP contribution in [0.15, 0.2) is 12.2 Å². The molecule has 126 valence electrons. The van der Waals surface area contributed by atoms with Crippen molar-refractivity contribution in [2.24, 2.45) is 5.92 Å². The summed E-state index contributed by atoms with van der Waals surface area (Å²) < 4.78 is 6.26. The van der Waals surface area contributed by atoms with Crippen molar-refractivity contribution in [3.8, 4) is 0 Å². The number of rotatable bonds is 14. The summed E-state index contributed by atoms with van der Waals surface area (Å²) in [7, 11) is 0. The fraction of sp³-hybridized carbons (Fsp3) is 0.895. The van der Waals surface area contributed by atoms with E-state index >= 15 is 0 Å². The molecule has 0 spiro atoms. The predicted molar refractivity (Wildman–Crippen MR) is 99.7 cm³/mol. The second-order valence-corrected chi connectivity index (χ2v) is 21.0. The molecule has 21 heavy (non-hydrogen) atoms. The van der Waals surface area contributed by atoms with Gasteiger partial charge < -0.3 is 0 Å². The predicted octanol–water partition coefficient (Wildman–Crippen LogP) is 6.41. The average Bonchev–Trinajstić information content (AvgIpc) is 2.52. The van der Waals surface area contributed by atoms with Crippen molar-refractivity contribution in [2.75, 3.05) is 6.61 Å². The van der Waals surface area contributed by atoms with Crippen LogP contribution < -0.4 is 0 Å². The van der Waals surface area contributed by atoms with Crippen molar-refractivity contribution >= 4 is 18.4 Å². The zero-order valence-electron chi connectivity index (χ0n) is 15.2. The van der Waals surface area contributed by atoms with Crippen molar-refractivity contribution in [1.82, 2.24) is 0 Å². The van der Waals surface area contributed by atoms with Gasteiger partial charge in [0.15, 0.2) is 0 Å². The van der Waals surface area contributed by atoms with Crippen LogP contribution in [0.25, 0.3) is 0 Å². The van der Waals surface area contributed by atoms with E-state index in [1.165, 1.54) is 43.0 Å². The Bertz CT molecular complexity index is 228. The van der Waals surface area contributed by atoms with Gasteiger partial charge in [-0.25, -0.2) is 0 Å². The molecule has 0 rings (SSSR count). The number of aliphatic hydroxyl groups is 1. The van der Waals surface area contributed by atoms with Gasteiger partial charge in [0.1, 0.15) is 0 Å². The van der Waals surface area contributed by atoms with Gasteiger partial charge in [-0.05, 0) is 0 Å². The molecule has 1 nitrogen and oxygen atoms in total. The van der Waals surface area contributed by atoms with Crippen LogP contribution in [0.5, 0.6) is 0 Å². The van der Waals surface area contributed by atoms with Gasteiger partial charge in [-0.1, -0.05) is 0 Å². The fourth-order valence-corrected chi connectivity index (χ4v) is 18.3. The van der Waals surface area contributed by atoms with E-state index in [0.29, 0.717) is 12.5 Å². The third kappa shape index (κ3) is 10.8. The molecule has 0 heterocycles. The molecule has 0 saturated heterocycles. The van der Waals surface area contributed by atoms with Crippen molar-refractivity contribution in [1.29, 1.82) is 0 Å². The first-order valence-electron chi connectivity index (χ1n) is 9.40. The van der Waals surface area contributed by atoms with Crippen LogP contribution in [0.1, 0.15) is 72.6 Å². The minimum atomic E-state index is -1.93. The first kappa shape index (κ1) is 21.5. The first-order valence-corrected chi connectivity index (χ1v) is 17.5. The molecule has 0 aliphatic rings. The Hall–Kier alpha value is 0.499. The maximum absolute atomic E-state index is 9.12. The zero-order valence-corrected chi connectivity index (χ0v) is 18.0. The van der Waals surface area contributed by atoms with Gasteiger partial charge in [-0.15, -0.1) is 0 Å². The molecule has 0 saturated carbocycles. The standard InChI is InChI=1S/C7H13O.3C4H9.Sn/c1-3-4-5-7(2)6-8;3*1-3-4-2;/h3-4,7-8H,1,5-6H2,2H3;3*1,3-4H2,2H3;/b4-3+;;;;/t7-;;;;/m1..../s1. The Morgan fingerprint density at radius 2 is 1.33 bits per heavy atom. The van der Waals surface area contributed by atoms with E-state index in [1.807, 2.05) is 0 Å². The molecule has 0 aromatic rings. The monoisotopic (exact) mass is 404 g/mol. The maximum atomic E-state index is 9.12. The molecule has 0 radical (unpaired) electrons. The number of unbranched alkanes of at least 4 members (excludes halogenated alkanes) is 3. The molecule has 1 N–H and O–H groups in total. The summed E-state index contributed by atoms with van der Waals surface area (Å²) in [6, 6.07) is 0. The summed E-state index contributed by atoms with van der Waals surface area (Å²) in [6.45, 7) is 9.48. The molecule has 1 atom stereocenters. The van der Waals surface area contributed by atoms with Crippen molar-refractivity contribution in [2.45, 2.75) is 90.4 Å². The molecule has 0 aliphatic carbocycles. The van der Waals surface area contributed by atoms with E-state index in [9.17, 15) is 0 Å². The SMILES string of the molecule is CCC[CH2][Sn]([CH2]/C=C/C[C@@H](C)CO)([CH2]CCC)[CH2]CCC. The number of hydrogen-bond donors (Lipinski definition) is 1. The fourth-order valence-electron chi connectivity index (χ4n) is 3.07. The van der Waals surface area contributed by atoms with Crippen molar-refractivity contribution in [3.05, 3.63) is 12.2 Å². The molecule has 0 unspecified atom stereocenters. The summed E-state index contributed by atoms with van der Waals surface area (Å²) in [4.78, 5) is 0.